The van der Waals surface area contributed by atoms with E-state index in [1.165, 1.54) is 19.1 Å². The quantitative estimate of drug-likeness (QED) is 0.495. The fourth-order valence-corrected chi connectivity index (χ4v) is 5.86. The van der Waals surface area contributed by atoms with Crippen LogP contribution in [0.1, 0.15) is 37.1 Å². The van der Waals surface area contributed by atoms with Gasteiger partial charge in [0.2, 0.25) is 5.91 Å². The number of aliphatic hydroxyl groups excluding tert-OH is 1. The lowest BCUT2D eigenvalue weighted by molar-refractivity contribution is -0.134. The van der Waals surface area contributed by atoms with Gasteiger partial charge in [-0.05, 0) is 36.6 Å². The molecule has 5 rings (SSSR count). The second-order valence-electron chi connectivity index (χ2n) is 9.69. The van der Waals surface area contributed by atoms with Gasteiger partial charge in [0.25, 0.3) is 0 Å². The second-order valence-corrected chi connectivity index (χ2v) is 9.69. The normalized spacial score (nSPS) is 18.6. The molecule has 3 aromatic rings. The number of aliphatic hydroxyl groups is 1. The smallest absolute Gasteiger partial charge is 0.321 e. The number of carbonyl (C=O) groups excluding carboxylic acids is 2. The first-order valence-corrected chi connectivity index (χ1v) is 12.3. The van der Waals surface area contributed by atoms with Crippen LogP contribution in [0.2, 0.25) is 0 Å². The lowest BCUT2D eigenvalue weighted by atomic mass is 9.68. The molecule has 1 spiro atoms. The van der Waals surface area contributed by atoms with Crippen LogP contribution in [0, 0.1) is 5.82 Å². The van der Waals surface area contributed by atoms with Gasteiger partial charge in [0.15, 0.2) is 11.5 Å². The average Bonchev–Trinajstić information content (AvgIpc) is 3.28. The predicted octanol–water partition coefficient (Wildman–Crippen LogP) is 3.79. The SMILES string of the molecule is COc1cc2[nH]c3c(c2cc1OC)C1(CCN(C(=O)Nc2ccccc2F)CC1)CN(C(C)=O)[C@H]3CO. The molecule has 0 unspecified atom stereocenters. The molecule has 1 aromatic heterocycles. The molecule has 3 N–H and O–H groups in total. The number of carbonyl (C=O) groups is 2. The van der Waals surface area contributed by atoms with Crippen LogP contribution in [0.5, 0.6) is 11.5 Å². The second kappa shape index (κ2) is 9.59. The van der Waals surface area contributed by atoms with Gasteiger partial charge in [-0.2, -0.15) is 0 Å². The Morgan fingerprint density at radius 1 is 1.16 bits per heavy atom. The Bertz CT molecular complexity index is 1350. The molecule has 0 radical (unpaired) electrons. The number of nitrogens with zero attached hydrogens (tertiary/aromatic N) is 2. The summed E-state index contributed by atoms with van der Waals surface area (Å²) in [5.74, 6) is 0.545. The highest BCUT2D eigenvalue weighted by Crippen LogP contribution is 2.50. The van der Waals surface area contributed by atoms with Crippen LogP contribution < -0.4 is 14.8 Å². The maximum atomic E-state index is 14.1. The third-order valence-electron chi connectivity index (χ3n) is 7.75. The van der Waals surface area contributed by atoms with Gasteiger partial charge in [-0.3, -0.25) is 4.79 Å². The van der Waals surface area contributed by atoms with Crippen molar-refractivity contribution in [1.29, 1.82) is 0 Å². The van der Waals surface area contributed by atoms with Gasteiger partial charge >= 0.3 is 6.03 Å². The van der Waals surface area contributed by atoms with Crippen LogP contribution >= 0.6 is 0 Å². The molecule has 196 valence electrons. The first kappa shape index (κ1) is 24.9. The number of fused-ring (bicyclic) bond motifs is 4. The van der Waals surface area contributed by atoms with E-state index in [9.17, 15) is 19.1 Å². The van der Waals surface area contributed by atoms with Crippen molar-refractivity contribution in [3.8, 4) is 11.5 Å². The molecule has 37 heavy (non-hydrogen) atoms. The molecule has 0 bridgehead atoms. The number of methoxy groups -OCH3 is 2. The van der Waals surface area contributed by atoms with Crippen molar-refractivity contribution < 1.29 is 28.6 Å². The maximum Gasteiger partial charge on any atom is 0.321 e. The number of para-hydroxylation sites is 1. The number of nitrogens with one attached hydrogen (secondary N) is 2. The number of hydrogen-bond donors (Lipinski definition) is 3. The lowest BCUT2D eigenvalue weighted by Crippen LogP contribution is -2.55. The molecule has 3 amide bonds. The zero-order valence-electron chi connectivity index (χ0n) is 21.1. The van der Waals surface area contributed by atoms with Crippen LogP contribution in [-0.4, -0.2) is 72.3 Å². The largest absolute Gasteiger partial charge is 0.493 e. The highest BCUT2D eigenvalue weighted by atomic mass is 19.1. The average molecular weight is 511 g/mol. The number of H-pyrrole nitrogens is 1. The van der Waals surface area contributed by atoms with Crippen LogP contribution in [0.3, 0.4) is 0 Å². The number of urea groups is 1. The topological polar surface area (TPSA) is 107 Å². The van der Waals surface area contributed by atoms with Crippen LogP contribution in [0.4, 0.5) is 14.9 Å². The summed E-state index contributed by atoms with van der Waals surface area (Å²) in [7, 11) is 3.16. The van der Waals surface area contributed by atoms with Gasteiger partial charge in [0.1, 0.15) is 5.82 Å². The van der Waals surface area contributed by atoms with Gasteiger partial charge in [-0.25, -0.2) is 9.18 Å². The maximum absolute atomic E-state index is 14.1. The molecule has 0 saturated carbocycles. The third-order valence-corrected chi connectivity index (χ3v) is 7.75. The highest BCUT2D eigenvalue weighted by molar-refractivity contribution is 5.91. The number of ether oxygens (including phenoxy) is 2. The summed E-state index contributed by atoms with van der Waals surface area (Å²) in [5, 5.41) is 13.9. The summed E-state index contributed by atoms with van der Waals surface area (Å²) in [6, 6.07) is 8.99. The Labute approximate surface area is 214 Å². The van der Waals surface area contributed by atoms with Gasteiger partial charge in [-0.1, -0.05) is 12.1 Å². The minimum atomic E-state index is -0.509. The van der Waals surface area contributed by atoms with Gasteiger partial charge < -0.3 is 34.7 Å². The number of aromatic nitrogens is 1. The van der Waals surface area contributed by atoms with Crippen molar-refractivity contribution in [2.24, 2.45) is 0 Å². The van der Waals surface area contributed by atoms with E-state index in [1.54, 1.807) is 36.2 Å². The van der Waals surface area contributed by atoms with E-state index >= 15 is 0 Å². The highest BCUT2D eigenvalue weighted by Gasteiger charge is 2.48. The zero-order chi connectivity index (χ0) is 26.3. The molecule has 1 fully saturated rings. The molecule has 3 heterocycles. The first-order valence-electron chi connectivity index (χ1n) is 12.3. The lowest BCUT2D eigenvalue weighted by Gasteiger charge is -2.50. The van der Waals surface area contributed by atoms with Crippen LogP contribution in [0.15, 0.2) is 36.4 Å². The summed E-state index contributed by atoms with van der Waals surface area (Å²) in [6.07, 6.45) is 1.18. The summed E-state index contributed by atoms with van der Waals surface area (Å²) >= 11 is 0. The molecule has 10 heteroatoms. The number of rotatable bonds is 4. The Hall–Kier alpha value is -3.79. The molecular weight excluding hydrogens is 479 g/mol. The number of aromatic amines is 1. The van der Waals surface area contributed by atoms with E-state index in [0.29, 0.717) is 44.0 Å². The molecule has 2 aromatic carbocycles. The number of amides is 3. The van der Waals surface area contributed by atoms with Crippen LogP contribution in [0.25, 0.3) is 10.9 Å². The fourth-order valence-electron chi connectivity index (χ4n) is 5.86. The van der Waals surface area contributed by atoms with Crippen molar-refractivity contribution in [1.82, 2.24) is 14.8 Å². The molecule has 9 nitrogen and oxygen atoms in total. The van der Waals surface area contributed by atoms with Crippen molar-refractivity contribution in [3.05, 3.63) is 53.5 Å². The van der Waals surface area contributed by atoms with E-state index < -0.39 is 17.3 Å². The summed E-state index contributed by atoms with van der Waals surface area (Å²) in [4.78, 5) is 32.4. The van der Waals surface area contributed by atoms with E-state index in [-0.39, 0.29) is 24.2 Å². The number of likely N-dealkylation sites (tertiary alicyclic amines) is 1. The van der Waals surface area contributed by atoms with E-state index in [2.05, 4.69) is 10.3 Å². The van der Waals surface area contributed by atoms with Gasteiger partial charge in [-0.15, -0.1) is 0 Å². The molecule has 1 saturated heterocycles. The number of halogens is 1. The van der Waals surface area contributed by atoms with Crippen molar-refractivity contribution in [2.75, 3.05) is 45.8 Å². The van der Waals surface area contributed by atoms with E-state index in [0.717, 1.165) is 22.2 Å². The predicted molar refractivity (Wildman–Crippen MR) is 137 cm³/mol. The zero-order valence-corrected chi connectivity index (χ0v) is 21.1. The summed E-state index contributed by atoms with van der Waals surface area (Å²) in [5.41, 5.74) is 2.34. The molecule has 1 atom stereocenters. The first-order chi connectivity index (χ1) is 17.8. The van der Waals surface area contributed by atoms with Crippen molar-refractivity contribution in [2.45, 2.75) is 31.2 Å². The fraction of sp³-hybridized carbons (Fsp3) is 0.407. The summed E-state index contributed by atoms with van der Waals surface area (Å²) in [6.45, 7) is 2.56. The Morgan fingerprint density at radius 3 is 2.46 bits per heavy atom. The van der Waals surface area contributed by atoms with Gasteiger partial charge in [0.05, 0.1) is 32.6 Å². The van der Waals surface area contributed by atoms with Gasteiger partial charge in [0, 0.05) is 54.6 Å². The number of piperidine rings is 1. The van der Waals surface area contributed by atoms with E-state index in [4.69, 9.17) is 9.47 Å². The number of anilines is 1. The Balaban J connectivity index is 1.52. The van der Waals surface area contributed by atoms with Crippen molar-refractivity contribution in [3.63, 3.8) is 0 Å². The molecular formula is C27H31FN4O5. The molecule has 2 aliphatic rings. The Kier molecular flexibility index (Phi) is 6.45. The number of benzene rings is 2. The Morgan fingerprint density at radius 2 is 1.84 bits per heavy atom. The minimum Gasteiger partial charge on any atom is -0.493 e. The van der Waals surface area contributed by atoms with E-state index in [1.807, 2.05) is 12.1 Å². The summed E-state index contributed by atoms with van der Waals surface area (Å²) < 4.78 is 25.1. The standard InChI is InChI=1S/C27H31FN4O5/c1-16(34)32-15-27(8-10-31(11-9-27)26(35)30-19-7-5-4-6-18(19)28)24-17-12-22(36-2)23(37-3)13-20(17)29-25(24)21(32)14-33/h4-7,12-13,21,29,33H,8-11,14-15H2,1-3H3,(H,30,35)/t21-/m0/s1. The molecule has 0 aliphatic carbocycles. The van der Waals surface area contributed by atoms with Crippen molar-refractivity contribution >= 4 is 28.5 Å². The third kappa shape index (κ3) is 4.15. The monoisotopic (exact) mass is 510 g/mol. The minimum absolute atomic E-state index is 0.127. The van der Waals surface area contributed by atoms with Crippen LogP contribution in [-0.2, 0) is 10.2 Å². The molecule has 2 aliphatic heterocycles. The number of hydrogen-bond acceptors (Lipinski definition) is 5.